The number of allylic oxidation sites excluding steroid dienone is 2. The fourth-order valence-electron chi connectivity index (χ4n) is 5.57. The molecule has 0 fully saturated rings. The van der Waals surface area contributed by atoms with E-state index in [-0.39, 0.29) is 11.6 Å². The van der Waals surface area contributed by atoms with E-state index in [1.807, 2.05) is 76.5 Å². The Bertz CT molecular complexity index is 1640. The average molecular weight is 497 g/mol. The van der Waals surface area contributed by atoms with Gasteiger partial charge in [-0.05, 0) is 37.1 Å². The van der Waals surface area contributed by atoms with Gasteiger partial charge in [-0.25, -0.2) is 0 Å². The maximum absolute atomic E-state index is 14.2. The first-order valence-corrected chi connectivity index (χ1v) is 12.8. The molecule has 1 aliphatic carbocycles. The molecule has 0 spiro atoms. The second-order valence-electron chi connectivity index (χ2n) is 9.86. The summed E-state index contributed by atoms with van der Waals surface area (Å²) >= 11 is 0. The van der Waals surface area contributed by atoms with Crippen LogP contribution in [0.4, 0.5) is 0 Å². The number of aromatic nitrogens is 2. The molecule has 6 rings (SSSR count). The summed E-state index contributed by atoms with van der Waals surface area (Å²) < 4.78 is 4.20. The van der Waals surface area contributed by atoms with Gasteiger partial charge in [0.05, 0.1) is 0 Å². The molecule has 186 valence electrons. The average Bonchev–Trinajstić information content (AvgIpc) is 3.41. The molecule has 0 radical (unpaired) electrons. The Labute approximate surface area is 222 Å². The van der Waals surface area contributed by atoms with E-state index in [1.54, 1.807) is 12.1 Å². The lowest BCUT2D eigenvalue weighted by Gasteiger charge is -2.21. The Morgan fingerprint density at radius 2 is 0.816 bits per heavy atom. The highest BCUT2D eigenvalue weighted by Crippen LogP contribution is 2.42. The zero-order chi connectivity index (χ0) is 26.6. The van der Waals surface area contributed by atoms with Gasteiger partial charge < -0.3 is 9.13 Å². The van der Waals surface area contributed by atoms with E-state index in [0.29, 0.717) is 22.3 Å². The van der Waals surface area contributed by atoms with Crippen molar-refractivity contribution in [3.8, 4) is 22.5 Å². The standard InChI is InChI=1S/C34H28N2O2/c1-21-27(19-29(35(21)3)23-13-7-5-8-14-23)31-32(34(38)26-18-12-11-17-25(26)33(31)37)28-20-30(36(4)22(28)2)24-15-9-6-10-16-24/h5-20H,1-4H3. The van der Waals surface area contributed by atoms with E-state index < -0.39 is 0 Å². The Morgan fingerprint density at radius 1 is 0.474 bits per heavy atom. The number of carbonyl (C=O) groups is 2. The first kappa shape index (κ1) is 23.7. The Hall–Kier alpha value is -4.70. The Morgan fingerprint density at radius 3 is 1.18 bits per heavy atom. The van der Waals surface area contributed by atoms with Gasteiger partial charge in [0.15, 0.2) is 11.6 Å². The third-order valence-electron chi connectivity index (χ3n) is 7.87. The summed E-state index contributed by atoms with van der Waals surface area (Å²) in [4.78, 5) is 28.4. The fraction of sp³-hybridized carbons (Fsp3) is 0.118. The fourth-order valence-corrected chi connectivity index (χ4v) is 5.57. The number of rotatable bonds is 4. The van der Waals surface area contributed by atoms with Crippen LogP contribution in [0.15, 0.2) is 97.1 Å². The highest BCUT2D eigenvalue weighted by molar-refractivity contribution is 6.52. The van der Waals surface area contributed by atoms with Gasteiger partial charge in [0.2, 0.25) is 0 Å². The molecule has 0 atom stereocenters. The van der Waals surface area contributed by atoms with Crippen molar-refractivity contribution < 1.29 is 9.59 Å². The highest BCUT2D eigenvalue weighted by atomic mass is 16.1. The zero-order valence-corrected chi connectivity index (χ0v) is 21.9. The van der Waals surface area contributed by atoms with E-state index in [0.717, 1.165) is 45.0 Å². The smallest absolute Gasteiger partial charge is 0.195 e. The first-order valence-electron chi connectivity index (χ1n) is 12.8. The molecule has 0 N–H and O–H groups in total. The molecule has 1 aliphatic rings. The van der Waals surface area contributed by atoms with Gasteiger partial charge >= 0.3 is 0 Å². The summed E-state index contributed by atoms with van der Waals surface area (Å²) in [6.07, 6.45) is 0. The van der Waals surface area contributed by atoms with Crippen molar-refractivity contribution in [2.45, 2.75) is 13.8 Å². The third-order valence-corrected chi connectivity index (χ3v) is 7.87. The van der Waals surface area contributed by atoms with Gasteiger partial charge in [0, 0.05) is 70.3 Å². The number of ketones is 2. The largest absolute Gasteiger partial charge is 0.347 e. The normalized spacial score (nSPS) is 13.3. The number of hydrogen-bond donors (Lipinski definition) is 0. The van der Waals surface area contributed by atoms with Gasteiger partial charge in [0.1, 0.15) is 0 Å². The van der Waals surface area contributed by atoms with Gasteiger partial charge in [-0.15, -0.1) is 0 Å². The van der Waals surface area contributed by atoms with Gasteiger partial charge in [-0.1, -0.05) is 84.9 Å². The number of Topliss-reactive ketones (excluding diaryl/α,β-unsaturated/α-hetero) is 2. The third kappa shape index (κ3) is 3.52. The predicted molar refractivity (Wildman–Crippen MR) is 153 cm³/mol. The van der Waals surface area contributed by atoms with Crippen molar-refractivity contribution in [3.05, 3.63) is 131 Å². The summed E-state index contributed by atoms with van der Waals surface area (Å²) in [5.74, 6) is -0.235. The van der Waals surface area contributed by atoms with Crippen molar-refractivity contribution in [2.24, 2.45) is 14.1 Å². The van der Waals surface area contributed by atoms with Crippen molar-refractivity contribution in [3.63, 3.8) is 0 Å². The molecule has 0 aliphatic heterocycles. The van der Waals surface area contributed by atoms with Crippen LogP contribution in [0.1, 0.15) is 43.2 Å². The first-order chi connectivity index (χ1) is 18.4. The Balaban J connectivity index is 1.66. The van der Waals surface area contributed by atoms with E-state index in [9.17, 15) is 9.59 Å². The van der Waals surface area contributed by atoms with Crippen LogP contribution >= 0.6 is 0 Å². The van der Waals surface area contributed by atoms with E-state index in [2.05, 4.69) is 45.5 Å². The minimum Gasteiger partial charge on any atom is -0.347 e. The van der Waals surface area contributed by atoms with Crippen LogP contribution < -0.4 is 0 Å². The second kappa shape index (κ2) is 9.00. The van der Waals surface area contributed by atoms with Crippen LogP contribution in [0, 0.1) is 13.8 Å². The van der Waals surface area contributed by atoms with Crippen molar-refractivity contribution in [2.75, 3.05) is 0 Å². The van der Waals surface area contributed by atoms with Crippen LogP contribution in [0.3, 0.4) is 0 Å². The monoisotopic (exact) mass is 496 g/mol. The van der Waals surface area contributed by atoms with E-state index >= 15 is 0 Å². The molecule has 2 aromatic heterocycles. The second-order valence-corrected chi connectivity index (χ2v) is 9.86. The van der Waals surface area contributed by atoms with Crippen LogP contribution in [0.2, 0.25) is 0 Å². The summed E-state index contributed by atoms with van der Waals surface area (Å²) in [7, 11) is 4.01. The number of hydrogen-bond acceptors (Lipinski definition) is 2. The molecule has 4 nitrogen and oxygen atoms in total. The molecule has 4 heteroatoms. The molecular weight excluding hydrogens is 468 g/mol. The maximum atomic E-state index is 14.2. The molecular formula is C34H28N2O2. The Kier molecular flexibility index (Phi) is 5.61. The lowest BCUT2D eigenvalue weighted by molar-refractivity contribution is 0.101. The van der Waals surface area contributed by atoms with Crippen LogP contribution in [-0.4, -0.2) is 20.7 Å². The predicted octanol–water partition coefficient (Wildman–Crippen LogP) is 7.30. The lowest BCUT2D eigenvalue weighted by atomic mass is 9.78. The molecule has 0 saturated carbocycles. The van der Waals surface area contributed by atoms with Gasteiger partial charge in [0.25, 0.3) is 0 Å². The molecule has 2 heterocycles. The quantitative estimate of drug-likeness (QED) is 0.262. The molecule has 0 amide bonds. The zero-order valence-electron chi connectivity index (χ0n) is 21.9. The molecule has 38 heavy (non-hydrogen) atoms. The molecule has 0 bridgehead atoms. The molecule has 3 aromatic carbocycles. The minimum absolute atomic E-state index is 0.118. The number of fused-ring (bicyclic) bond motifs is 1. The molecule has 0 unspecified atom stereocenters. The summed E-state index contributed by atoms with van der Waals surface area (Å²) in [5.41, 5.74) is 9.43. The van der Waals surface area contributed by atoms with Crippen LogP contribution in [0.5, 0.6) is 0 Å². The van der Waals surface area contributed by atoms with Gasteiger partial charge in [-0.3, -0.25) is 9.59 Å². The van der Waals surface area contributed by atoms with Crippen molar-refractivity contribution in [1.29, 1.82) is 0 Å². The van der Waals surface area contributed by atoms with Gasteiger partial charge in [-0.2, -0.15) is 0 Å². The van der Waals surface area contributed by atoms with E-state index in [4.69, 9.17) is 0 Å². The van der Waals surface area contributed by atoms with Crippen LogP contribution in [-0.2, 0) is 14.1 Å². The SMILES string of the molecule is Cc1c(C2=C(c3cc(-c4ccccc4)n(C)c3C)C(=O)c3ccccc3C2=O)cc(-c2ccccc2)n1C. The molecule has 5 aromatic rings. The number of carbonyl (C=O) groups excluding carboxylic acids is 2. The van der Waals surface area contributed by atoms with Crippen LogP contribution in [0.25, 0.3) is 33.7 Å². The summed E-state index contributed by atoms with van der Waals surface area (Å²) in [6, 6.07) is 31.5. The van der Waals surface area contributed by atoms with Crippen molar-refractivity contribution >= 4 is 22.7 Å². The highest BCUT2D eigenvalue weighted by Gasteiger charge is 2.36. The molecule has 0 saturated heterocycles. The number of benzene rings is 3. The lowest BCUT2D eigenvalue weighted by Crippen LogP contribution is -2.21. The number of nitrogens with zero attached hydrogens (tertiary/aromatic N) is 2. The maximum Gasteiger partial charge on any atom is 0.195 e. The summed E-state index contributed by atoms with van der Waals surface area (Å²) in [6.45, 7) is 4.02. The summed E-state index contributed by atoms with van der Waals surface area (Å²) in [5, 5.41) is 0. The minimum atomic E-state index is -0.118. The topological polar surface area (TPSA) is 44.0 Å². The van der Waals surface area contributed by atoms with Crippen molar-refractivity contribution in [1.82, 2.24) is 9.13 Å². The van der Waals surface area contributed by atoms with E-state index in [1.165, 1.54) is 0 Å².